The Morgan fingerprint density at radius 3 is 2.57 bits per heavy atom. The summed E-state index contributed by atoms with van der Waals surface area (Å²) < 4.78 is 5.89. The van der Waals surface area contributed by atoms with Crippen LogP contribution in [0.3, 0.4) is 0 Å². The Kier molecular flexibility index (Phi) is 6.92. The van der Waals surface area contributed by atoms with Gasteiger partial charge in [-0.2, -0.15) is 9.98 Å². The number of piperidine rings is 1. The van der Waals surface area contributed by atoms with E-state index in [-0.39, 0.29) is 17.0 Å². The molecule has 0 radical (unpaired) electrons. The molecule has 0 saturated carbocycles. The number of nitrogens with one attached hydrogen (secondary N) is 1. The molecule has 3 N–H and O–H groups in total. The number of fused-ring (bicyclic) bond motifs is 1. The molecule has 1 saturated heterocycles. The van der Waals surface area contributed by atoms with Crippen molar-refractivity contribution >= 4 is 17.8 Å². The highest BCUT2D eigenvalue weighted by molar-refractivity contribution is 5.99. The Labute approximate surface area is 214 Å². The summed E-state index contributed by atoms with van der Waals surface area (Å²) in [6.07, 6.45) is 1.93. The number of pyridine rings is 1. The Morgan fingerprint density at radius 1 is 1.11 bits per heavy atom. The van der Waals surface area contributed by atoms with E-state index in [1.165, 1.54) is 0 Å². The lowest BCUT2D eigenvalue weighted by atomic mass is 10.0. The largest absolute Gasteiger partial charge is 0.457 e. The van der Waals surface area contributed by atoms with Crippen molar-refractivity contribution < 1.29 is 14.3 Å². The van der Waals surface area contributed by atoms with Crippen molar-refractivity contribution in [1.29, 1.82) is 0 Å². The monoisotopic (exact) mass is 494 g/mol. The molecular formula is C28H26N6O3. The number of carbonyl (C=O) groups excluding carboxylic acids is 2. The van der Waals surface area contributed by atoms with Crippen LogP contribution in [0.25, 0.3) is 11.3 Å². The van der Waals surface area contributed by atoms with Gasteiger partial charge >= 0.3 is 6.03 Å². The molecule has 2 aliphatic heterocycles. The maximum Gasteiger partial charge on any atom is 0.368 e. The molecule has 9 nitrogen and oxygen atoms in total. The molecule has 2 aliphatic rings. The van der Waals surface area contributed by atoms with Gasteiger partial charge in [0.05, 0.1) is 17.8 Å². The topological polar surface area (TPSA) is 122 Å². The summed E-state index contributed by atoms with van der Waals surface area (Å²) in [7, 11) is 0. The van der Waals surface area contributed by atoms with Crippen LogP contribution in [0.4, 0.5) is 10.6 Å². The molecule has 1 aromatic heterocycles. The summed E-state index contributed by atoms with van der Waals surface area (Å²) in [6, 6.07) is 16.2. The summed E-state index contributed by atoms with van der Waals surface area (Å²) in [5.74, 6) is 7.06. The summed E-state index contributed by atoms with van der Waals surface area (Å²) in [6.45, 7) is 3.81. The van der Waals surface area contributed by atoms with Crippen molar-refractivity contribution in [1.82, 2.24) is 10.3 Å². The van der Waals surface area contributed by atoms with Crippen LogP contribution in [-0.4, -0.2) is 42.6 Å². The third-order valence-electron chi connectivity index (χ3n) is 6.27. The van der Waals surface area contributed by atoms with Crippen LogP contribution in [0.1, 0.15) is 30.1 Å². The Hall–Kier alpha value is -4.55. The van der Waals surface area contributed by atoms with E-state index in [0.29, 0.717) is 47.0 Å². The minimum atomic E-state index is -0.722. The summed E-state index contributed by atoms with van der Waals surface area (Å²) in [5, 5.41) is 3.92. The number of nitrogens with two attached hydrogens (primary N) is 1. The third-order valence-corrected chi connectivity index (χ3v) is 6.27. The lowest BCUT2D eigenvalue weighted by Gasteiger charge is -2.34. The Morgan fingerprint density at radius 2 is 1.84 bits per heavy atom. The maximum absolute atomic E-state index is 12.6. The number of amides is 3. The lowest BCUT2D eigenvalue weighted by molar-refractivity contribution is 0.0999. The van der Waals surface area contributed by atoms with Gasteiger partial charge in [0.15, 0.2) is 5.82 Å². The highest BCUT2D eigenvalue weighted by Gasteiger charge is 2.28. The highest BCUT2D eigenvalue weighted by atomic mass is 16.5. The molecule has 3 heterocycles. The number of aromatic nitrogens is 1. The predicted molar refractivity (Wildman–Crippen MR) is 139 cm³/mol. The molecule has 0 unspecified atom stereocenters. The molecule has 2 aromatic carbocycles. The summed E-state index contributed by atoms with van der Waals surface area (Å²) in [5.41, 5.74) is 6.85. The van der Waals surface area contributed by atoms with E-state index < -0.39 is 11.9 Å². The normalized spacial score (nSPS) is 16.2. The molecule has 0 spiro atoms. The number of carbonyl (C=O) groups is 2. The smallest absolute Gasteiger partial charge is 0.368 e. The number of hydrogen-bond acceptors (Lipinski definition) is 6. The van der Waals surface area contributed by atoms with Crippen molar-refractivity contribution in [3.8, 4) is 34.6 Å². The fourth-order valence-electron chi connectivity index (χ4n) is 4.57. The fraction of sp³-hybridized carbons (Fsp3) is 0.250. The van der Waals surface area contributed by atoms with Gasteiger partial charge in [-0.3, -0.25) is 4.79 Å². The first-order valence-corrected chi connectivity index (χ1v) is 12.1. The standard InChI is InChI=1S/C28H26N6O3/c1-2-3-15-30-19-8-7-16-34(17-19)27-25-24(32-28(36)33-25)22(26(29)35)23(31-27)18-11-13-21(14-12-18)37-20-9-5-4-6-10-20/h4-6,9-14,19,30H,7-8,15-17H2,1H3,(H2,29,35)/t19-/m1/s1. The van der Waals surface area contributed by atoms with Gasteiger partial charge in [-0.15, -0.1) is 5.92 Å². The number of primary amides is 1. The van der Waals surface area contributed by atoms with Gasteiger partial charge in [0, 0.05) is 24.7 Å². The van der Waals surface area contributed by atoms with Crippen molar-refractivity contribution in [2.24, 2.45) is 15.7 Å². The van der Waals surface area contributed by atoms with Crippen molar-refractivity contribution in [2.45, 2.75) is 25.8 Å². The van der Waals surface area contributed by atoms with Crippen LogP contribution in [0, 0.1) is 11.8 Å². The molecular weight excluding hydrogens is 468 g/mol. The van der Waals surface area contributed by atoms with Crippen molar-refractivity contribution in [2.75, 3.05) is 24.5 Å². The quantitative estimate of drug-likeness (QED) is 0.487. The molecule has 9 heteroatoms. The van der Waals surface area contributed by atoms with Crippen LogP contribution in [-0.2, 0) is 0 Å². The first kappa shape index (κ1) is 24.2. The van der Waals surface area contributed by atoms with Gasteiger partial charge in [0.25, 0.3) is 5.91 Å². The molecule has 1 atom stereocenters. The van der Waals surface area contributed by atoms with Crippen molar-refractivity contribution in [3.05, 3.63) is 70.9 Å². The van der Waals surface area contributed by atoms with E-state index in [1.807, 2.05) is 37.3 Å². The summed E-state index contributed by atoms with van der Waals surface area (Å²) in [4.78, 5) is 39.9. The lowest BCUT2D eigenvalue weighted by Crippen LogP contribution is -2.49. The number of nitrogens with zero attached hydrogens (tertiary/aromatic N) is 4. The number of anilines is 1. The second-order valence-corrected chi connectivity index (χ2v) is 8.76. The van der Waals surface area contributed by atoms with Gasteiger partial charge in [-0.05, 0) is 56.2 Å². The zero-order valence-corrected chi connectivity index (χ0v) is 20.4. The van der Waals surface area contributed by atoms with E-state index in [4.69, 9.17) is 15.5 Å². The molecule has 186 valence electrons. The van der Waals surface area contributed by atoms with E-state index in [0.717, 1.165) is 19.4 Å². The Bertz CT molecular complexity index is 1520. The molecule has 3 aromatic rings. The van der Waals surface area contributed by atoms with Gasteiger partial charge in [0.2, 0.25) is 0 Å². The molecule has 3 amide bonds. The number of benzene rings is 2. The van der Waals surface area contributed by atoms with Gasteiger partial charge in [0.1, 0.15) is 22.2 Å². The first-order chi connectivity index (χ1) is 18.0. The van der Waals surface area contributed by atoms with Crippen LogP contribution in [0.5, 0.6) is 11.5 Å². The fourth-order valence-corrected chi connectivity index (χ4v) is 4.57. The molecule has 0 bridgehead atoms. The van der Waals surface area contributed by atoms with E-state index >= 15 is 0 Å². The predicted octanol–water partition coefficient (Wildman–Crippen LogP) is 2.59. The zero-order valence-electron chi connectivity index (χ0n) is 20.4. The first-order valence-electron chi connectivity index (χ1n) is 12.1. The van der Waals surface area contributed by atoms with E-state index in [2.05, 4.69) is 32.0 Å². The number of rotatable bonds is 7. The van der Waals surface area contributed by atoms with Crippen LogP contribution < -0.4 is 31.4 Å². The molecule has 0 aliphatic carbocycles. The number of urea groups is 1. The van der Waals surface area contributed by atoms with Gasteiger partial charge in [-0.25, -0.2) is 9.78 Å². The second kappa shape index (κ2) is 10.6. The van der Waals surface area contributed by atoms with Gasteiger partial charge < -0.3 is 20.7 Å². The second-order valence-electron chi connectivity index (χ2n) is 8.76. The number of hydrogen-bond donors (Lipinski definition) is 2. The van der Waals surface area contributed by atoms with E-state index in [1.54, 1.807) is 24.3 Å². The average Bonchev–Trinajstić information content (AvgIpc) is 3.30. The number of ether oxygens (including phenoxy) is 1. The van der Waals surface area contributed by atoms with Crippen molar-refractivity contribution in [3.63, 3.8) is 0 Å². The van der Waals surface area contributed by atoms with Crippen LogP contribution in [0.2, 0.25) is 0 Å². The highest BCUT2D eigenvalue weighted by Crippen LogP contribution is 2.27. The molecule has 1 fully saturated rings. The third kappa shape index (κ3) is 5.20. The van der Waals surface area contributed by atoms with Crippen LogP contribution >= 0.6 is 0 Å². The summed E-state index contributed by atoms with van der Waals surface area (Å²) >= 11 is 0. The zero-order chi connectivity index (χ0) is 25.8. The number of para-hydroxylation sites is 1. The Balaban J connectivity index is 1.54. The minimum absolute atomic E-state index is 0.0787. The molecule has 37 heavy (non-hydrogen) atoms. The SMILES string of the molecule is CC#CCN[C@@H]1CCCN(c2nc(-c3ccc(Oc4ccccc4)cc3)c(C(N)=O)c3c2=NC(=O)N=3)C1. The van der Waals surface area contributed by atoms with E-state index in [9.17, 15) is 9.59 Å². The van der Waals surface area contributed by atoms with Crippen LogP contribution in [0.15, 0.2) is 64.6 Å². The molecule has 5 rings (SSSR count). The van der Waals surface area contributed by atoms with Gasteiger partial charge in [-0.1, -0.05) is 24.1 Å². The maximum atomic E-state index is 12.6. The minimum Gasteiger partial charge on any atom is -0.457 e. The average molecular weight is 495 g/mol.